The van der Waals surface area contributed by atoms with Crippen molar-refractivity contribution in [3.05, 3.63) is 63.2 Å². The number of benzene rings is 2. The first kappa shape index (κ1) is 20.2. The zero-order valence-electron chi connectivity index (χ0n) is 14.6. The normalized spacial score (nSPS) is 15.6. The van der Waals surface area contributed by atoms with E-state index in [-0.39, 0.29) is 36.9 Å². The highest BCUT2D eigenvalue weighted by atomic mass is 35.5. The lowest BCUT2D eigenvalue weighted by Gasteiger charge is -2.26. The van der Waals surface area contributed by atoms with Crippen molar-refractivity contribution in [1.29, 1.82) is 0 Å². The van der Waals surface area contributed by atoms with Crippen molar-refractivity contribution in [1.82, 2.24) is 4.31 Å². The van der Waals surface area contributed by atoms with E-state index in [0.717, 1.165) is 6.07 Å². The van der Waals surface area contributed by atoms with Gasteiger partial charge in [-0.3, -0.25) is 15.5 Å². The van der Waals surface area contributed by atoms with E-state index in [1.54, 1.807) is 24.3 Å². The number of halogens is 1. The fourth-order valence-corrected chi connectivity index (χ4v) is 4.22. The van der Waals surface area contributed by atoms with Crippen molar-refractivity contribution in [2.75, 3.05) is 31.7 Å². The first-order valence-electron chi connectivity index (χ1n) is 8.29. The molecule has 1 heterocycles. The van der Waals surface area contributed by atoms with E-state index < -0.39 is 20.6 Å². The number of rotatable bonds is 6. The van der Waals surface area contributed by atoms with Crippen molar-refractivity contribution in [2.24, 2.45) is 5.10 Å². The molecule has 1 N–H and O–H groups in total. The molecule has 9 nitrogen and oxygen atoms in total. The molecule has 0 aliphatic carbocycles. The molecular formula is C17H17ClN4O5S. The monoisotopic (exact) mass is 424 g/mol. The molecule has 148 valence electrons. The van der Waals surface area contributed by atoms with Gasteiger partial charge in [0.05, 0.1) is 29.2 Å². The number of hydrazone groups is 1. The number of ether oxygens (including phenoxy) is 1. The van der Waals surface area contributed by atoms with Gasteiger partial charge in [-0.05, 0) is 18.2 Å². The van der Waals surface area contributed by atoms with Crippen LogP contribution in [0.15, 0.2) is 52.5 Å². The summed E-state index contributed by atoms with van der Waals surface area (Å²) in [6.45, 7) is 0.992. The highest BCUT2D eigenvalue weighted by molar-refractivity contribution is 7.89. The van der Waals surface area contributed by atoms with Crippen molar-refractivity contribution in [3.8, 4) is 0 Å². The number of nitro benzene ring substituents is 1. The Morgan fingerprint density at radius 1 is 1.21 bits per heavy atom. The second-order valence-electron chi connectivity index (χ2n) is 5.84. The molecule has 1 aliphatic heterocycles. The summed E-state index contributed by atoms with van der Waals surface area (Å²) < 4.78 is 31.8. The molecule has 0 unspecified atom stereocenters. The highest BCUT2D eigenvalue weighted by Crippen LogP contribution is 2.29. The Labute approximate surface area is 166 Å². The molecule has 0 atom stereocenters. The van der Waals surface area contributed by atoms with E-state index in [2.05, 4.69) is 10.5 Å². The molecular weight excluding hydrogens is 408 g/mol. The first-order chi connectivity index (χ1) is 13.4. The lowest BCUT2D eigenvalue weighted by Crippen LogP contribution is -2.40. The number of morpholine rings is 1. The van der Waals surface area contributed by atoms with Gasteiger partial charge in [0, 0.05) is 29.7 Å². The summed E-state index contributed by atoms with van der Waals surface area (Å²) >= 11 is 6.02. The van der Waals surface area contributed by atoms with E-state index in [0.29, 0.717) is 10.6 Å². The Morgan fingerprint density at radius 3 is 2.61 bits per heavy atom. The SMILES string of the molecule is O=[N+]([O-])c1cc(S(=O)(=O)N2CCOCC2)ccc1N/N=C\c1ccccc1Cl. The van der Waals surface area contributed by atoms with Gasteiger partial charge in [0.15, 0.2) is 0 Å². The molecule has 2 aromatic rings. The largest absolute Gasteiger partial charge is 0.379 e. The van der Waals surface area contributed by atoms with Crippen molar-refractivity contribution >= 4 is 39.2 Å². The van der Waals surface area contributed by atoms with Gasteiger partial charge < -0.3 is 4.74 Å². The van der Waals surface area contributed by atoms with Gasteiger partial charge in [-0.15, -0.1) is 0 Å². The minimum Gasteiger partial charge on any atom is -0.379 e. The third-order valence-electron chi connectivity index (χ3n) is 4.07. The highest BCUT2D eigenvalue weighted by Gasteiger charge is 2.28. The van der Waals surface area contributed by atoms with Crippen molar-refractivity contribution in [3.63, 3.8) is 0 Å². The second-order valence-corrected chi connectivity index (χ2v) is 8.19. The van der Waals surface area contributed by atoms with Crippen LogP contribution in [0.3, 0.4) is 0 Å². The number of sulfonamides is 1. The van der Waals surface area contributed by atoms with Crippen LogP contribution in [0.5, 0.6) is 0 Å². The Hall–Kier alpha value is -2.53. The minimum atomic E-state index is -3.84. The smallest absolute Gasteiger partial charge is 0.295 e. The molecule has 1 fully saturated rings. The topological polar surface area (TPSA) is 114 Å². The van der Waals surface area contributed by atoms with Gasteiger partial charge >= 0.3 is 0 Å². The lowest BCUT2D eigenvalue weighted by atomic mass is 10.2. The number of hydrogen-bond acceptors (Lipinski definition) is 7. The molecule has 1 saturated heterocycles. The average molecular weight is 425 g/mol. The first-order valence-corrected chi connectivity index (χ1v) is 10.1. The molecule has 28 heavy (non-hydrogen) atoms. The van der Waals surface area contributed by atoms with Crippen LogP contribution in [-0.2, 0) is 14.8 Å². The Bertz CT molecular complexity index is 1010. The van der Waals surface area contributed by atoms with Crippen LogP contribution in [0.25, 0.3) is 0 Å². The van der Waals surface area contributed by atoms with Gasteiger partial charge in [0.2, 0.25) is 10.0 Å². The van der Waals surface area contributed by atoms with E-state index in [1.807, 2.05) is 0 Å². The Balaban J connectivity index is 1.85. The van der Waals surface area contributed by atoms with Crippen LogP contribution in [0.2, 0.25) is 5.02 Å². The number of nitro groups is 1. The lowest BCUT2D eigenvalue weighted by molar-refractivity contribution is -0.384. The fraction of sp³-hybridized carbons (Fsp3) is 0.235. The van der Waals surface area contributed by atoms with Crippen LogP contribution in [0.4, 0.5) is 11.4 Å². The van der Waals surface area contributed by atoms with E-state index in [1.165, 1.54) is 22.7 Å². The van der Waals surface area contributed by atoms with Crippen LogP contribution in [-0.4, -0.2) is 50.2 Å². The summed E-state index contributed by atoms with van der Waals surface area (Å²) in [5.41, 5.74) is 2.87. The zero-order valence-corrected chi connectivity index (χ0v) is 16.2. The van der Waals surface area contributed by atoms with E-state index in [4.69, 9.17) is 16.3 Å². The molecule has 0 spiro atoms. The van der Waals surface area contributed by atoms with Gasteiger partial charge in [0.25, 0.3) is 5.69 Å². The molecule has 0 amide bonds. The summed E-state index contributed by atoms with van der Waals surface area (Å²) in [6, 6.07) is 10.6. The quantitative estimate of drug-likeness (QED) is 0.433. The molecule has 2 aromatic carbocycles. The van der Waals surface area contributed by atoms with Gasteiger partial charge in [-0.25, -0.2) is 8.42 Å². The number of nitrogens with one attached hydrogen (secondary N) is 1. The number of nitrogens with zero attached hydrogens (tertiary/aromatic N) is 3. The summed E-state index contributed by atoms with van der Waals surface area (Å²) in [5.74, 6) is 0. The Morgan fingerprint density at radius 2 is 1.93 bits per heavy atom. The summed E-state index contributed by atoms with van der Waals surface area (Å²) in [7, 11) is -3.84. The molecule has 0 saturated carbocycles. The number of hydrogen-bond donors (Lipinski definition) is 1. The maximum atomic E-state index is 12.7. The summed E-state index contributed by atoms with van der Waals surface area (Å²) in [6.07, 6.45) is 1.42. The molecule has 0 bridgehead atoms. The van der Waals surface area contributed by atoms with Crippen molar-refractivity contribution < 1.29 is 18.1 Å². The summed E-state index contributed by atoms with van der Waals surface area (Å²) in [4.78, 5) is 10.6. The maximum Gasteiger partial charge on any atom is 0.295 e. The molecule has 0 aromatic heterocycles. The molecule has 11 heteroatoms. The third kappa shape index (κ3) is 4.47. The Kier molecular flexibility index (Phi) is 6.25. The van der Waals surface area contributed by atoms with Crippen LogP contribution < -0.4 is 5.43 Å². The van der Waals surface area contributed by atoms with Crippen LogP contribution in [0.1, 0.15) is 5.56 Å². The fourth-order valence-electron chi connectivity index (χ4n) is 2.60. The average Bonchev–Trinajstić information content (AvgIpc) is 2.70. The molecule has 1 aliphatic rings. The van der Waals surface area contributed by atoms with Gasteiger partial charge in [-0.2, -0.15) is 9.41 Å². The second kappa shape index (κ2) is 8.65. The van der Waals surface area contributed by atoms with Crippen LogP contribution >= 0.6 is 11.6 Å². The minimum absolute atomic E-state index is 0.0641. The van der Waals surface area contributed by atoms with Gasteiger partial charge in [-0.1, -0.05) is 29.8 Å². The predicted molar refractivity (Wildman–Crippen MR) is 105 cm³/mol. The van der Waals surface area contributed by atoms with Crippen molar-refractivity contribution in [2.45, 2.75) is 4.90 Å². The third-order valence-corrected chi connectivity index (χ3v) is 6.31. The maximum absolute atomic E-state index is 12.7. The number of anilines is 1. The van der Waals surface area contributed by atoms with Crippen LogP contribution in [0, 0.1) is 10.1 Å². The summed E-state index contributed by atoms with van der Waals surface area (Å²) in [5, 5.41) is 15.9. The zero-order chi connectivity index (χ0) is 20.1. The van der Waals surface area contributed by atoms with E-state index in [9.17, 15) is 18.5 Å². The predicted octanol–water partition coefficient (Wildman–Crippen LogP) is 2.72. The van der Waals surface area contributed by atoms with E-state index >= 15 is 0 Å². The standard InChI is InChI=1S/C17H17ClN4O5S/c18-15-4-2-1-3-13(15)12-19-20-16-6-5-14(11-17(16)22(23)24)28(25,26)21-7-9-27-10-8-21/h1-6,11-12,20H,7-10H2/b19-12-. The molecule has 0 radical (unpaired) electrons. The van der Waals surface area contributed by atoms with Gasteiger partial charge in [0.1, 0.15) is 5.69 Å². The molecule has 3 rings (SSSR count).